The van der Waals surface area contributed by atoms with Gasteiger partial charge in [0.05, 0.1) is 15.6 Å². The average molecular weight is 356 g/mol. The molecule has 2 aromatic rings. The van der Waals surface area contributed by atoms with Gasteiger partial charge in [-0.15, -0.1) is 0 Å². The van der Waals surface area contributed by atoms with Crippen LogP contribution in [0.5, 0.6) is 0 Å². The van der Waals surface area contributed by atoms with Crippen molar-refractivity contribution in [3.05, 3.63) is 67.6 Å². The van der Waals surface area contributed by atoms with Crippen LogP contribution in [0.1, 0.15) is 10.4 Å². The maximum absolute atomic E-state index is 12.0. The fraction of sp³-hybridized carbons (Fsp3) is 0. The van der Waals surface area contributed by atoms with Crippen LogP contribution in [0, 0.1) is 10.1 Å². The van der Waals surface area contributed by atoms with Gasteiger partial charge in [-0.2, -0.15) is 0 Å². The lowest BCUT2D eigenvalue weighted by atomic mass is 10.2. The summed E-state index contributed by atoms with van der Waals surface area (Å²) in [6.45, 7) is 0. The number of nitro groups is 1. The lowest BCUT2D eigenvalue weighted by Crippen LogP contribution is -2.12. The molecule has 0 aliphatic rings. The molecular weight excluding hydrogens is 348 g/mol. The number of benzene rings is 2. The molecule has 0 fully saturated rings. The number of rotatable bonds is 3. The molecule has 0 saturated heterocycles. The number of hydrogen-bond acceptors (Lipinski definition) is 3. The highest BCUT2D eigenvalue weighted by Crippen LogP contribution is 2.26. The van der Waals surface area contributed by atoms with E-state index in [1.807, 2.05) is 0 Å². The number of non-ortho nitro benzene ring substituents is 1. The van der Waals surface area contributed by atoms with Crippen LogP contribution in [0.25, 0.3) is 0 Å². The molecule has 0 unspecified atom stereocenters. The van der Waals surface area contributed by atoms with Crippen LogP contribution in [0.3, 0.4) is 0 Å². The van der Waals surface area contributed by atoms with E-state index in [9.17, 15) is 14.9 Å². The van der Waals surface area contributed by atoms with E-state index in [-0.39, 0.29) is 11.6 Å². The Morgan fingerprint density at radius 2 is 1.85 bits per heavy atom. The van der Waals surface area contributed by atoms with E-state index in [0.29, 0.717) is 16.3 Å². The average Bonchev–Trinajstić information content (AvgIpc) is 2.42. The molecule has 20 heavy (non-hydrogen) atoms. The normalized spacial score (nSPS) is 10.1. The number of nitrogens with zero attached hydrogens (tertiary/aromatic N) is 1. The number of anilines is 1. The van der Waals surface area contributed by atoms with Gasteiger partial charge in [0, 0.05) is 22.2 Å². The highest BCUT2D eigenvalue weighted by molar-refractivity contribution is 9.10. The Morgan fingerprint density at radius 1 is 1.20 bits per heavy atom. The number of halogens is 2. The molecule has 1 N–H and O–H groups in total. The molecule has 0 spiro atoms. The Morgan fingerprint density at radius 3 is 2.40 bits per heavy atom. The molecule has 2 rings (SSSR count). The largest absolute Gasteiger partial charge is 0.321 e. The highest BCUT2D eigenvalue weighted by Gasteiger charge is 2.11. The predicted molar refractivity (Wildman–Crippen MR) is 80.2 cm³/mol. The molecule has 0 saturated carbocycles. The van der Waals surface area contributed by atoms with Crippen LogP contribution < -0.4 is 5.32 Å². The van der Waals surface area contributed by atoms with E-state index in [2.05, 4.69) is 21.2 Å². The summed E-state index contributed by atoms with van der Waals surface area (Å²) in [5, 5.41) is 13.6. The van der Waals surface area contributed by atoms with Crippen molar-refractivity contribution in [1.82, 2.24) is 0 Å². The predicted octanol–water partition coefficient (Wildman–Crippen LogP) is 4.26. The Bertz CT molecular complexity index is 674. The quantitative estimate of drug-likeness (QED) is 0.660. The minimum absolute atomic E-state index is 0.0665. The number of hydrogen-bond donors (Lipinski definition) is 1. The lowest BCUT2D eigenvalue weighted by molar-refractivity contribution is -0.384. The van der Waals surface area contributed by atoms with Crippen molar-refractivity contribution in [2.75, 3.05) is 5.32 Å². The van der Waals surface area contributed by atoms with Crippen molar-refractivity contribution in [3.63, 3.8) is 0 Å². The maximum Gasteiger partial charge on any atom is 0.269 e. The number of nitrogens with one attached hydrogen (secondary N) is 1. The van der Waals surface area contributed by atoms with Gasteiger partial charge >= 0.3 is 0 Å². The second-order valence-electron chi connectivity index (χ2n) is 3.88. The first-order valence-corrected chi connectivity index (χ1v) is 6.65. The Balaban J connectivity index is 2.17. The second-order valence-corrected chi connectivity index (χ2v) is 5.21. The molecule has 0 aliphatic heterocycles. The van der Waals surface area contributed by atoms with E-state index in [1.54, 1.807) is 18.2 Å². The lowest BCUT2D eigenvalue weighted by Gasteiger charge is -2.07. The Kier molecular flexibility index (Phi) is 4.36. The van der Waals surface area contributed by atoms with Gasteiger partial charge in [-0.1, -0.05) is 27.5 Å². The van der Waals surface area contributed by atoms with Gasteiger partial charge in [-0.3, -0.25) is 14.9 Å². The zero-order valence-corrected chi connectivity index (χ0v) is 12.3. The van der Waals surface area contributed by atoms with Crippen molar-refractivity contribution in [1.29, 1.82) is 0 Å². The molecule has 1 amide bonds. The smallest absolute Gasteiger partial charge is 0.269 e. The van der Waals surface area contributed by atoms with Crippen LogP contribution in [0.4, 0.5) is 11.4 Å². The third-order valence-electron chi connectivity index (χ3n) is 2.52. The van der Waals surface area contributed by atoms with Gasteiger partial charge in [0.25, 0.3) is 11.6 Å². The summed E-state index contributed by atoms with van der Waals surface area (Å²) < 4.78 is 0.802. The van der Waals surface area contributed by atoms with Crippen LogP contribution >= 0.6 is 27.5 Å². The van der Waals surface area contributed by atoms with Crippen LogP contribution in [-0.2, 0) is 0 Å². The summed E-state index contributed by atoms with van der Waals surface area (Å²) in [6.07, 6.45) is 0. The van der Waals surface area contributed by atoms with E-state index < -0.39 is 4.92 Å². The number of amides is 1. The summed E-state index contributed by atoms with van der Waals surface area (Å²) in [4.78, 5) is 22.0. The van der Waals surface area contributed by atoms with Gasteiger partial charge in [0.15, 0.2) is 0 Å². The maximum atomic E-state index is 12.0. The second kappa shape index (κ2) is 6.02. The zero-order valence-electron chi connectivity index (χ0n) is 9.97. The molecule has 0 radical (unpaired) electrons. The monoisotopic (exact) mass is 354 g/mol. The van der Waals surface area contributed by atoms with Gasteiger partial charge in [0.2, 0.25) is 0 Å². The molecule has 0 atom stereocenters. The molecule has 0 aromatic heterocycles. The van der Waals surface area contributed by atoms with Crippen molar-refractivity contribution < 1.29 is 9.72 Å². The molecule has 2 aromatic carbocycles. The van der Waals surface area contributed by atoms with Gasteiger partial charge in [0.1, 0.15) is 0 Å². The third kappa shape index (κ3) is 3.34. The standard InChI is InChI=1S/C13H8BrClN2O3/c14-9-3-6-12(11(15)7-9)16-13(18)8-1-4-10(5-2-8)17(19)20/h1-7H,(H,16,18). The SMILES string of the molecule is O=C(Nc1ccc(Br)cc1Cl)c1ccc([N+](=O)[O-])cc1. The molecule has 5 nitrogen and oxygen atoms in total. The summed E-state index contributed by atoms with van der Waals surface area (Å²) in [6, 6.07) is 10.4. The molecule has 0 heterocycles. The summed E-state index contributed by atoms with van der Waals surface area (Å²) in [5.74, 6) is -0.385. The van der Waals surface area contributed by atoms with Crippen molar-refractivity contribution in [2.24, 2.45) is 0 Å². The van der Waals surface area contributed by atoms with Gasteiger partial charge in [-0.25, -0.2) is 0 Å². The fourth-order valence-electron chi connectivity index (χ4n) is 1.52. The number of carbonyl (C=O) groups excluding carboxylic acids is 1. The number of nitro benzene ring substituents is 1. The minimum Gasteiger partial charge on any atom is -0.321 e. The Hall–Kier alpha value is -1.92. The first-order chi connectivity index (χ1) is 9.47. The van der Waals surface area contributed by atoms with E-state index in [1.165, 1.54) is 24.3 Å². The van der Waals surface area contributed by atoms with E-state index >= 15 is 0 Å². The fourth-order valence-corrected chi connectivity index (χ4v) is 2.24. The molecule has 102 valence electrons. The third-order valence-corrected chi connectivity index (χ3v) is 3.33. The molecule has 0 bridgehead atoms. The van der Waals surface area contributed by atoms with E-state index in [4.69, 9.17) is 11.6 Å². The van der Waals surface area contributed by atoms with Crippen molar-refractivity contribution >= 4 is 44.8 Å². The summed E-state index contributed by atoms with van der Waals surface area (Å²) in [5.41, 5.74) is 0.719. The van der Waals surface area contributed by atoms with Crippen molar-refractivity contribution in [3.8, 4) is 0 Å². The van der Waals surface area contributed by atoms with Crippen molar-refractivity contribution in [2.45, 2.75) is 0 Å². The van der Waals surface area contributed by atoms with Crippen LogP contribution in [-0.4, -0.2) is 10.8 Å². The number of carbonyl (C=O) groups is 1. The minimum atomic E-state index is -0.521. The van der Waals surface area contributed by atoms with Gasteiger partial charge in [-0.05, 0) is 30.3 Å². The first-order valence-electron chi connectivity index (χ1n) is 5.48. The highest BCUT2D eigenvalue weighted by atomic mass is 79.9. The topological polar surface area (TPSA) is 72.2 Å². The molecule has 0 aliphatic carbocycles. The zero-order chi connectivity index (χ0) is 14.7. The molecular formula is C13H8BrClN2O3. The summed E-state index contributed by atoms with van der Waals surface area (Å²) >= 11 is 9.26. The first kappa shape index (κ1) is 14.5. The summed E-state index contributed by atoms with van der Waals surface area (Å²) in [7, 11) is 0. The van der Waals surface area contributed by atoms with E-state index in [0.717, 1.165) is 4.47 Å². The van der Waals surface area contributed by atoms with Crippen LogP contribution in [0.15, 0.2) is 46.9 Å². The Labute approximate surface area is 127 Å². The molecule has 7 heteroatoms. The van der Waals surface area contributed by atoms with Crippen LogP contribution in [0.2, 0.25) is 5.02 Å². The van der Waals surface area contributed by atoms with Gasteiger partial charge < -0.3 is 5.32 Å².